The fourth-order valence-corrected chi connectivity index (χ4v) is 4.07. The Morgan fingerprint density at radius 3 is 2.57 bits per heavy atom. The van der Waals surface area contributed by atoms with Crippen LogP contribution in [0.15, 0.2) is 42.5 Å². The van der Waals surface area contributed by atoms with E-state index in [-0.39, 0.29) is 5.92 Å². The topological polar surface area (TPSA) is 83.5 Å². The molecule has 0 amide bonds. The number of ether oxygens (including phenoxy) is 2. The standard InChI is InChI=1S/C24H32N4O2/c1-3-28(22-10-12-30-13-11-22)24-9-6-19(20(16-26)17-29-2)14-23(24)27-21-7-4-18(15-25)5-8-21/h4-9,14,20,22,27H,3,10-13,16-17,26H2,1-2H3/t20-/m1/s1. The Morgan fingerprint density at radius 2 is 1.97 bits per heavy atom. The molecule has 0 aromatic heterocycles. The van der Waals surface area contributed by atoms with Gasteiger partial charge in [-0.05, 0) is 61.7 Å². The molecule has 1 fully saturated rings. The first-order chi connectivity index (χ1) is 14.7. The van der Waals surface area contributed by atoms with Crippen molar-refractivity contribution in [3.8, 4) is 6.07 Å². The molecule has 6 heteroatoms. The van der Waals surface area contributed by atoms with Gasteiger partial charge in [-0.25, -0.2) is 0 Å². The van der Waals surface area contributed by atoms with Crippen LogP contribution in [0.1, 0.15) is 36.8 Å². The van der Waals surface area contributed by atoms with E-state index in [0.29, 0.717) is 24.8 Å². The van der Waals surface area contributed by atoms with Crippen LogP contribution in [-0.4, -0.2) is 46.1 Å². The fourth-order valence-electron chi connectivity index (χ4n) is 4.07. The molecule has 6 nitrogen and oxygen atoms in total. The van der Waals surface area contributed by atoms with Crippen molar-refractivity contribution in [2.45, 2.75) is 31.7 Å². The molecule has 1 heterocycles. The predicted molar refractivity (Wildman–Crippen MR) is 121 cm³/mol. The van der Waals surface area contributed by atoms with Gasteiger partial charge in [-0.1, -0.05) is 6.07 Å². The quantitative estimate of drug-likeness (QED) is 0.653. The molecule has 3 N–H and O–H groups in total. The number of rotatable bonds is 9. The summed E-state index contributed by atoms with van der Waals surface area (Å²) < 4.78 is 10.9. The predicted octanol–water partition coefficient (Wildman–Crippen LogP) is 4.00. The summed E-state index contributed by atoms with van der Waals surface area (Å²) in [5.41, 5.74) is 11.0. The van der Waals surface area contributed by atoms with Gasteiger partial charge in [0.2, 0.25) is 0 Å². The Labute approximate surface area is 179 Å². The summed E-state index contributed by atoms with van der Waals surface area (Å²) in [6.45, 7) is 5.85. The molecular formula is C24H32N4O2. The molecule has 1 saturated heterocycles. The molecule has 1 atom stereocenters. The van der Waals surface area contributed by atoms with Crippen LogP contribution < -0.4 is 16.0 Å². The van der Waals surface area contributed by atoms with Crippen LogP contribution in [0, 0.1) is 11.3 Å². The Morgan fingerprint density at radius 1 is 1.23 bits per heavy atom. The van der Waals surface area contributed by atoms with Gasteiger partial charge in [-0.3, -0.25) is 0 Å². The zero-order chi connectivity index (χ0) is 21.3. The molecule has 1 aliphatic heterocycles. The summed E-state index contributed by atoms with van der Waals surface area (Å²) in [6, 6.07) is 16.7. The van der Waals surface area contributed by atoms with E-state index in [1.54, 1.807) is 7.11 Å². The minimum absolute atomic E-state index is 0.142. The third-order valence-corrected chi connectivity index (χ3v) is 5.72. The maximum atomic E-state index is 9.08. The number of anilines is 3. The average Bonchev–Trinajstić information content (AvgIpc) is 2.80. The van der Waals surface area contributed by atoms with E-state index < -0.39 is 0 Å². The number of methoxy groups -OCH3 is 1. The number of benzene rings is 2. The van der Waals surface area contributed by atoms with Gasteiger partial charge < -0.3 is 25.4 Å². The molecule has 3 rings (SSSR count). The zero-order valence-electron chi connectivity index (χ0n) is 17.9. The van der Waals surface area contributed by atoms with Gasteiger partial charge >= 0.3 is 0 Å². The van der Waals surface area contributed by atoms with Crippen molar-refractivity contribution >= 4 is 17.1 Å². The van der Waals surface area contributed by atoms with Gasteiger partial charge in [-0.2, -0.15) is 5.26 Å². The highest BCUT2D eigenvalue weighted by Crippen LogP contribution is 2.35. The smallest absolute Gasteiger partial charge is 0.0991 e. The molecule has 1 aliphatic rings. The minimum Gasteiger partial charge on any atom is -0.384 e. The fraction of sp³-hybridized carbons (Fsp3) is 0.458. The van der Waals surface area contributed by atoms with E-state index in [0.717, 1.165) is 49.5 Å². The maximum absolute atomic E-state index is 9.08. The van der Waals surface area contributed by atoms with Crippen molar-refractivity contribution in [3.63, 3.8) is 0 Å². The first-order valence-corrected chi connectivity index (χ1v) is 10.6. The average molecular weight is 409 g/mol. The van der Waals surface area contributed by atoms with Crippen molar-refractivity contribution in [3.05, 3.63) is 53.6 Å². The second kappa shape index (κ2) is 11.0. The highest BCUT2D eigenvalue weighted by Gasteiger charge is 2.23. The summed E-state index contributed by atoms with van der Waals surface area (Å²) in [6.07, 6.45) is 2.06. The summed E-state index contributed by atoms with van der Waals surface area (Å²) in [7, 11) is 1.71. The molecule has 2 aromatic rings. The number of nitriles is 1. The summed E-state index contributed by atoms with van der Waals surface area (Å²) >= 11 is 0. The molecule has 0 saturated carbocycles. The third kappa shape index (κ3) is 5.31. The van der Waals surface area contributed by atoms with E-state index in [1.165, 1.54) is 5.69 Å². The zero-order valence-corrected chi connectivity index (χ0v) is 17.9. The van der Waals surface area contributed by atoms with E-state index in [2.05, 4.69) is 41.4 Å². The third-order valence-electron chi connectivity index (χ3n) is 5.72. The largest absolute Gasteiger partial charge is 0.384 e. The molecule has 0 bridgehead atoms. The molecule has 160 valence electrons. The Kier molecular flexibility index (Phi) is 8.09. The summed E-state index contributed by atoms with van der Waals surface area (Å²) in [5, 5.41) is 12.7. The number of nitrogens with one attached hydrogen (secondary N) is 1. The van der Waals surface area contributed by atoms with Gasteiger partial charge in [0.15, 0.2) is 0 Å². The van der Waals surface area contributed by atoms with Crippen LogP contribution in [0.5, 0.6) is 0 Å². The van der Waals surface area contributed by atoms with E-state index in [4.69, 9.17) is 20.5 Å². The Bertz CT molecular complexity index is 841. The highest BCUT2D eigenvalue weighted by atomic mass is 16.5. The lowest BCUT2D eigenvalue weighted by Crippen LogP contribution is -2.39. The summed E-state index contributed by atoms with van der Waals surface area (Å²) in [5.74, 6) is 0.142. The Hall–Kier alpha value is -2.59. The first kappa shape index (κ1) is 22.1. The van der Waals surface area contributed by atoms with Crippen LogP contribution in [0.4, 0.5) is 17.1 Å². The van der Waals surface area contributed by atoms with E-state index in [9.17, 15) is 0 Å². The van der Waals surface area contributed by atoms with Gasteiger partial charge in [-0.15, -0.1) is 0 Å². The van der Waals surface area contributed by atoms with Crippen molar-refractivity contribution in [2.24, 2.45) is 5.73 Å². The van der Waals surface area contributed by atoms with Gasteiger partial charge in [0, 0.05) is 51.1 Å². The Balaban J connectivity index is 1.97. The second-order valence-corrected chi connectivity index (χ2v) is 7.61. The second-order valence-electron chi connectivity index (χ2n) is 7.61. The van der Waals surface area contributed by atoms with Crippen LogP contribution in [0.3, 0.4) is 0 Å². The SMILES string of the molecule is CCN(c1ccc([C@H](CN)COC)cc1Nc1ccc(C#N)cc1)C1CCOCC1. The normalized spacial score (nSPS) is 15.4. The maximum Gasteiger partial charge on any atom is 0.0991 e. The lowest BCUT2D eigenvalue weighted by Gasteiger charge is -2.37. The van der Waals surface area contributed by atoms with Crippen LogP contribution >= 0.6 is 0 Å². The molecule has 0 spiro atoms. The molecular weight excluding hydrogens is 376 g/mol. The lowest BCUT2D eigenvalue weighted by molar-refractivity contribution is 0.0846. The number of hydrogen-bond acceptors (Lipinski definition) is 6. The van der Waals surface area contributed by atoms with Gasteiger partial charge in [0.1, 0.15) is 0 Å². The van der Waals surface area contributed by atoms with Crippen LogP contribution in [0.2, 0.25) is 0 Å². The van der Waals surface area contributed by atoms with Gasteiger partial charge in [0.25, 0.3) is 0 Å². The number of nitrogens with two attached hydrogens (primary N) is 1. The van der Waals surface area contributed by atoms with Crippen molar-refractivity contribution < 1.29 is 9.47 Å². The number of nitrogens with zero attached hydrogens (tertiary/aromatic N) is 2. The lowest BCUT2D eigenvalue weighted by atomic mass is 9.97. The number of hydrogen-bond donors (Lipinski definition) is 2. The monoisotopic (exact) mass is 408 g/mol. The molecule has 0 aliphatic carbocycles. The van der Waals surface area contributed by atoms with Crippen molar-refractivity contribution in [1.29, 1.82) is 5.26 Å². The van der Waals surface area contributed by atoms with E-state index in [1.807, 2.05) is 24.3 Å². The van der Waals surface area contributed by atoms with E-state index >= 15 is 0 Å². The van der Waals surface area contributed by atoms with Crippen LogP contribution in [-0.2, 0) is 9.47 Å². The molecule has 2 aromatic carbocycles. The highest BCUT2D eigenvalue weighted by molar-refractivity contribution is 5.76. The van der Waals surface area contributed by atoms with Crippen molar-refractivity contribution in [1.82, 2.24) is 0 Å². The minimum atomic E-state index is 0.142. The first-order valence-electron chi connectivity index (χ1n) is 10.6. The van der Waals surface area contributed by atoms with Gasteiger partial charge in [0.05, 0.1) is 29.6 Å². The van der Waals surface area contributed by atoms with Crippen molar-refractivity contribution in [2.75, 3.05) is 50.2 Å². The molecule has 0 unspecified atom stereocenters. The molecule has 0 radical (unpaired) electrons. The summed E-state index contributed by atoms with van der Waals surface area (Å²) in [4.78, 5) is 2.46. The van der Waals surface area contributed by atoms with Crippen LogP contribution in [0.25, 0.3) is 0 Å². The molecule has 30 heavy (non-hydrogen) atoms.